The first-order chi connectivity index (χ1) is 15.3. The Balaban J connectivity index is 1.26. The van der Waals surface area contributed by atoms with Crippen LogP contribution in [-0.2, 0) is 0 Å². The number of fused-ring (bicyclic) bond motifs is 1. The van der Waals surface area contributed by atoms with Gasteiger partial charge in [0.2, 0.25) is 6.79 Å². The Kier molecular flexibility index (Phi) is 5.46. The molecule has 3 aromatic rings. The molecule has 1 fully saturated rings. The van der Waals surface area contributed by atoms with Gasteiger partial charge in [0.25, 0.3) is 0 Å². The standard InChI is InChI=1S/C25H25N3O3/c29-25(26-21-11-12-22-23(17-21)31-18-30-22)28-15-13-27(14-16-28)24(19-7-3-1-4-8-19)20-9-5-2-6-10-20/h1-12,17,24H,13-16,18H2,(H,26,29). The van der Waals surface area contributed by atoms with Crippen LogP contribution in [0.5, 0.6) is 11.5 Å². The Morgan fingerprint density at radius 1 is 0.774 bits per heavy atom. The first-order valence-electron chi connectivity index (χ1n) is 10.6. The smallest absolute Gasteiger partial charge is 0.321 e. The first-order valence-corrected chi connectivity index (χ1v) is 10.6. The van der Waals surface area contributed by atoms with Crippen LogP contribution < -0.4 is 14.8 Å². The molecule has 0 aromatic heterocycles. The van der Waals surface area contributed by atoms with E-state index in [4.69, 9.17) is 9.47 Å². The molecular formula is C25H25N3O3. The van der Waals surface area contributed by atoms with Gasteiger partial charge in [-0.3, -0.25) is 4.90 Å². The molecule has 0 spiro atoms. The number of anilines is 1. The van der Waals surface area contributed by atoms with E-state index in [0.29, 0.717) is 30.3 Å². The maximum Gasteiger partial charge on any atom is 0.321 e. The number of piperazine rings is 1. The highest BCUT2D eigenvalue weighted by atomic mass is 16.7. The van der Waals surface area contributed by atoms with Crippen molar-refractivity contribution in [1.82, 2.24) is 9.80 Å². The summed E-state index contributed by atoms with van der Waals surface area (Å²) in [7, 11) is 0. The largest absolute Gasteiger partial charge is 0.454 e. The van der Waals surface area contributed by atoms with E-state index in [9.17, 15) is 4.79 Å². The fourth-order valence-corrected chi connectivity index (χ4v) is 4.24. The Morgan fingerprint density at radius 3 is 2.03 bits per heavy atom. The molecule has 2 aliphatic heterocycles. The summed E-state index contributed by atoms with van der Waals surface area (Å²) < 4.78 is 10.7. The quantitative estimate of drug-likeness (QED) is 0.688. The van der Waals surface area contributed by atoms with E-state index in [-0.39, 0.29) is 18.9 Å². The third-order valence-corrected chi connectivity index (χ3v) is 5.82. The van der Waals surface area contributed by atoms with Crippen LogP contribution in [0.3, 0.4) is 0 Å². The van der Waals surface area contributed by atoms with Crippen molar-refractivity contribution in [2.24, 2.45) is 0 Å². The van der Waals surface area contributed by atoms with Gasteiger partial charge >= 0.3 is 6.03 Å². The number of carbonyl (C=O) groups excluding carboxylic acids is 1. The van der Waals surface area contributed by atoms with Gasteiger partial charge in [0.15, 0.2) is 11.5 Å². The van der Waals surface area contributed by atoms with Gasteiger partial charge in [-0.25, -0.2) is 4.79 Å². The van der Waals surface area contributed by atoms with E-state index < -0.39 is 0 Å². The third-order valence-electron chi connectivity index (χ3n) is 5.82. The Labute approximate surface area is 182 Å². The lowest BCUT2D eigenvalue weighted by Crippen LogP contribution is -2.51. The number of hydrogen-bond donors (Lipinski definition) is 1. The van der Waals surface area contributed by atoms with Gasteiger partial charge in [-0.2, -0.15) is 0 Å². The molecule has 2 heterocycles. The normalized spacial score (nSPS) is 15.8. The van der Waals surface area contributed by atoms with Crippen LogP contribution in [0.4, 0.5) is 10.5 Å². The number of ether oxygens (including phenoxy) is 2. The van der Waals surface area contributed by atoms with Gasteiger partial charge in [0.1, 0.15) is 0 Å². The van der Waals surface area contributed by atoms with Crippen LogP contribution in [0.2, 0.25) is 0 Å². The van der Waals surface area contributed by atoms with E-state index in [1.165, 1.54) is 11.1 Å². The van der Waals surface area contributed by atoms with Gasteiger partial charge in [-0.05, 0) is 23.3 Å². The number of hydrogen-bond acceptors (Lipinski definition) is 4. The maximum atomic E-state index is 12.8. The van der Waals surface area contributed by atoms with Crippen molar-refractivity contribution in [1.29, 1.82) is 0 Å². The minimum atomic E-state index is -0.0884. The lowest BCUT2D eigenvalue weighted by atomic mass is 9.96. The molecule has 2 aliphatic rings. The number of nitrogens with zero attached hydrogens (tertiary/aromatic N) is 2. The Bertz CT molecular complexity index is 995. The zero-order valence-electron chi connectivity index (χ0n) is 17.2. The number of urea groups is 1. The van der Waals surface area contributed by atoms with E-state index >= 15 is 0 Å². The van der Waals surface area contributed by atoms with Crippen LogP contribution in [0.15, 0.2) is 78.9 Å². The number of benzene rings is 3. The summed E-state index contributed by atoms with van der Waals surface area (Å²) in [4.78, 5) is 17.1. The van der Waals surface area contributed by atoms with Crippen molar-refractivity contribution < 1.29 is 14.3 Å². The predicted molar refractivity (Wildman–Crippen MR) is 119 cm³/mol. The molecule has 1 N–H and O–H groups in total. The van der Waals surface area contributed by atoms with E-state index in [1.54, 1.807) is 6.07 Å². The van der Waals surface area contributed by atoms with Gasteiger partial charge in [-0.1, -0.05) is 60.7 Å². The van der Waals surface area contributed by atoms with Crippen LogP contribution >= 0.6 is 0 Å². The van der Waals surface area contributed by atoms with E-state index in [1.807, 2.05) is 29.2 Å². The van der Waals surface area contributed by atoms with E-state index in [0.717, 1.165) is 13.1 Å². The molecule has 3 aromatic carbocycles. The molecule has 0 radical (unpaired) electrons. The Morgan fingerprint density at radius 2 is 1.39 bits per heavy atom. The molecule has 1 saturated heterocycles. The summed E-state index contributed by atoms with van der Waals surface area (Å²) in [6.07, 6.45) is 0. The van der Waals surface area contributed by atoms with Crippen molar-refractivity contribution in [2.45, 2.75) is 6.04 Å². The first kappa shape index (κ1) is 19.5. The molecule has 2 amide bonds. The fourth-order valence-electron chi connectivity index (χ4n) is 4.24. The monoisotopic (exact) mass is 415 g/mol. The van der Waals surface area contributed by atoms with E-state index in [2.05, 4.69) is 58.7 Å². The summed E-state index contributed by atoms with van der Waals surface area (Å²) in [6, 6.07) is 26.7. The summed E-state index contributed by atoms with van der Waals surface area (Å²) in [5.41, 5.74) is 3.25. The molecule has 6 heteroatoms. The second-order valence-corrected chi connectivity index (χ2v) is 7.75. The minimum Gasteiger partial charge on any atom is -0.454 e. The summed E-state index contributed by atoms with van der Waals surface area (Å²) >= 11 is 0. The minimum absolute atomic E-state index is 0.0884. The topological polar surface area (TPSA) is 54.0 Å². The van der Waals surface area contributed by atoms with Crippen molar-refractivity contribution in [3.63, 3.8) is 0 Å². The highest BCUT2D eigenvalue weighted by molar-refractivity contribution is 5.89. The molecule has 0 saturated carbocycles. The lowest BCUT2D eigenvalue weighted by Gasteiger charge is -2.39. The van der Waals surface area contributed by atoms with Gasteiger partial charge in [-0.15, -0.1) is 0 Å². The van der Waals surface area contributed by atoms with Gasteiger partial charge < -0.3 is 19.7 Å². The van der Waals surface area contributed by atoms with Crippen molar-refractivity contribution in [3.8, 4) is 11.5 Å². The molecule has 0 bridgehead atoms. The van der Waals surface area contributed by atoms with Crippen molar-refractivity contribution >= 4 is 11.7 Å². The van der Waals surface area contributed by atoms with Crippen molar-refractivity contribution in [3.05, 3.63) is 90.0 Å². The second-order valence-electron chi connectivity index (χ2n) is 7.75. The molecule has 0 unspecified atom stereocenters. The molecular weight excluding hydrogens is 390 g/mol. The van der Waals surface area contributed by atoms with Gasteiger partial charge in [0, 0.05) is 37.9 Å². The maximum absolute atomic E-state index is 12.8. The zero-order chi connectivity index (χ0) is 21.0. The zero-order valence-corrected chi connectivity index (χ0v) is 17.2. The fraction of sp³-hybridized carbons (Fsp3) is 0.240. The van der Waals surface area contributed by atoms with Crippen LogP contribution in [-0.4, -0.2) is 48.8 Å². The van der Waals surface area contributed by atoms with Gasteiger partial charge in [0.05, 0.1) is 6.04 Å². The predicted octanol–water partition coefficient (Wildman–Crippen LogP) is 4.35. The average molecular weight is 415 g/mol. The second kappa shape index (κ2) is 8.70. The number of amides is 2. The van der Waals surface area contributed by atoms with Crippen LogP contribution in [0.25, 0.3) is 0 Å². The summed E-state index contributed by atoms with van der Waals surface area (Å²) in [6.45, 7) is 3.18. The molecule has 0 atom stereocenters. The molecule has 0 aliphatic carbocycles. The molecule has 5 rings (SSSR count). The highest BCUT2D eigenvalue weighted by Gasteiger charge is 2.28. The average Bonchev–Trinajstić information content (AvgIpc) is 3.29. The third kappa shape index (κ3) is 4.20. The summed E-state index contributed by atoms with van der Waals surface area (Å²) in [5.74, 6) is 1.37. The molecule has 31 heavy (non-hydrogen) atoms. The number of nitrogens with one attached hydrogen (secondary N) is 1. The lowest BCUT2D eigenvalue weighted by molar-refractivity contribution is 0.126. The SMILES string of the molecule is O=C(Nc1ccc2c(c1)OCO2)N1CCN(C(c2ccccc2)c2ccccc2)CC1. The molecule has 158 valence electrons. The number of carbonyl (C=O) groups is 1. The number of rotatable bonds is 4. The summed E-state index contributed by atoms with van der Waals surface area (Å²) in [5, 5.41) is 2.98. The highest BCUT2D eigenvalue weighted by Crippen LogP contribution is 2.34. The Hall–Kier alpha value is -3.51. The van der Waals surface area contributed by atoms with Crippen LogP contribution in [0, 0.1) is 0 Å². The van der Waals surface area contributed by atoms with Crippen LogP contribution in [0.1, 0.15) is 17.2 Å². The van der Waals surface area contributed by atoms with Crippen molar-refractivity contribution in [2.75, 3.05) is 38.3 Å². The molecule has 6 nitrogen and oxygen atoms in total.